The molecule has 0 amide bonds. The number of fused-ring (bicyclic) bond motifs is 4. The summed E-state index contributed by atoms with van der Waals surface area (Å²) in [5, 5.41) is 22.5. The number of hydrogen-bond donors (Lipinski definition) is 2. The summed E-state index contributed by atoms with van der Waals surface area (Å²) in [6, 6.07) is 0. The molecule has 8 heteroatoms. The van der Waals surface area contributed by atoms with Gasteiger partial charge in [-0.25, -0.2) is 0 Å². The molecule has 1 heterocycles. The van der Waals surface area contributed by atoms with E-state index < -0.39 is 33.2 Å². The highest BCUT2D eigenvalue weighted by atomic mass is 16.7. The van der Waals surface area contributed by atoms with E-state index in [0.29, 0.717) is 43.8 Å². The van der Waals surface area contributed by atoms with Gasteiger partial charge in [0.2, 0.25) is 0 Å². The summed E-state index contributed by atoms with van der Waals surface area (Å²) in [5.41, 5.74) is -3.68. The van der Waals surface area contributed by atoms with E-state index in [1.54, 1.807) is 0 Å². The van der Waals surface area contributed by atoms with Crippen LogP contribution < -0.4 is 0 Å². The van der Waals surface area contributed by atoms with Crippen molar-refractivity contribution in [3.63, 3.8) is 0 Å². The number of carbonyl (C=O) groups excluding carboxylic acids is 2. The molecule has 10 atom stereocenters. The SMILES string of the molecule is CC1CC2(O)CCCC(C(=O)OCC3(COC(=O)C45CCCC(O)(CC(C)C4)C5)COC4(OC3)C3CC5CC(C3)C4C5)(C1)C2. The predicted molar refractivity (Wildman–Crippen MR) is 160 cm³/mol. The minimum Gasteiger partial charge on any atom is -0.464 e. The van der Waals surface area contributed by atoms with Crippen molar-refractivity contribution < 1.29 is 38.7 Å². The Hall–Kier alpha value is -1.22. The van der Waals surface area contributed by atoms with Crippen molar-refractivity contribution in [2.75, 3.05) is 26.4 Å². The van der Waals surface area contributed by atoms with Crippen LogP contribution in [0.3, 0.4) is 0 Å². The molecule has 8 bridgehead atoms. The standard InChI is InChI=1S/C36H54O8/c1-23-13-32(5-3-7-34(39,15-23)17-32)29(37)41-19-31(20-42-30(38)33-6-4-8-35(40,18-33)16-24(2)14-33)21-43-36(44-22-31)27-10-25-9-26(12-27)28(36)11-25/h23-28,39-40H,3-22H2,1-2H3. The molecule has 8 nitrogen and oxygen atoms in total. The van der Waals surface area contributed by atoms with Gasteiger partial charge in [-0.05, 0) is 126 Å². The number of esters is 2. The first kappa shape index (κ1) is 30.1. The van der Waals surface area contributed by atoms with Crippen LogP contribution in [-0.4, -0.2) is 65.6 Å². The van der Waals surface area contributed by atoms with Gasteiger partial charge >= 0.3 is 11.9 Å². The zero-order chi connectivity index (χ0) is 30.6. The summed E-state index contributed by atoms with van der Waals surface area (Å²) in [4.78, 5) is 27.8. The number of hydrogen-bond acceptors (Lipinski definition) is 8. The normalized spacial score (nSPS) is 53.9. The Bertz CT molecular complexity index is 1110. The summed E-state index contributed by atoms with van der Waals surface area (Å²) in [6.07, 6.45) is 13.3. The summed E-state index contributed by atoms with van der Waals surface area (Å²) < 4.78 is 26.0. The average Bonchev–Trinajstić information content (AvgIpc) is 3.35. The van der Waals surface area contributed by atoms with E-state index in [9.17, 15) is 19.8 Å². The van der Waals surface area contributed by atoms with Gasteiger partial charge in [0, 0.05) is 11.8 Å². The van der Waals surface area contributed by atoms with Gasteiger partial charge in [0.05, 0.1) is 40.7 Å². The Balaban J connectivity index is 1.00. The molecule has 10 unspecified atom stereocenters. The van der Waals surface area contributed by atoms with Crippen LogP contribution in [0.4, 0.5) is 0 Å². The number of aliphatic hydroxyl groups is 2. The van der Waals surface area contributed by atoms with Gasteiger partial charge in [0.25, 0.3) is 0 Å². The molecule has 0 aromatic rings. The topological polar surface area (TPSA) is 112 Å². The smallest absolute Gasteiger partial charge is 0.312 e. The Morgan fingerprint density at radius 1 is 0.727 bits per heavy atom. The van der Waals surface area contributed by atoms with Gasteiger partial charge in [-0.3, -0.25) is 9.59 Å². The van der Waals surface area contributed by atoms with Crippen LogP contribution in [0.25, 0.3) is 0 Å². The van der Waals surface area contributed by atoms with Crippen LogP contribution in [0, 0.1) is 51.8 Å². The summed E-state index contributed by atoms with van der Waals surface area (Å²) in [5.74, 6) is 1.83. The lowest BCUT2D eigenvalue weighted by molar-refractivity contribution is -0.351. The molecule has 1 spiro atoms. The van der Waals surface area contributed by atoms with Crippen molar-refractivity contribution in [3.05, 3.63) is 0 Å². The van der Waals surface area contributed by atoms with Crippen LogP contribution in [-0.2, 0) is 28.5 Å². The van der Waals surface area contributed by atoms with E-state index in [1.807, 2.05) is 0 Å². The molecule has 9 rings (SSSR count). The number of ether oxygens (including phenoxy) is 4. The van der Waals surface area contributed by atoms with E-state index in [4.69, 9.17) is 18.9 Å². The molecule has 2 N–H and O–H groups in total. The first-order chi connectivity index (χ1) is 20.9. The maximum absolute atomic E-state index is 13.9. The highest BCUT2D eigenvalue weighted by Crippen LogP contribution is 2.65. The monoisotopic (exact) mass is 614 g/mol. The minimum atomic E-state index is -0.791. The fraction of sp³-hybridized carbons (Fsp3) is 0.944. The van der Waals surface area contributed by atoms with Gasteiger partial charge in [0.15, 0.2) is 5.79 Å². The maximum atomic E-state index is 13.9. The van der Waals surface area contributed by atoms with E-state index in [1.165, 1.54) is 19.3 Å². The Kier molecular flexibility index (Phi) is 6.94. The lowest BCUT2D eigenvalue weighted by Gasteiger charge is -2.52. The van der Waals surface area contributed by atoms with Crippen LogP contribution in [0.5, 0.6) is 0 Å². The molecule has 9 aliphatic rings. The second-order valence-corrected chi connectivity index (χ2v) is 17.9. The van der Waals surface area contributed by atoms with Crippen LogP contribution in [0.15, 0.2) is 0 Å². The zero-order valence-electron chi connectivity index (χ0n) is 27.0. The number of carbonyl (C=O) groups is 2. The molecule has 0 aromatic carbocycles. The third-order valence-electron chi connectivity index (χ3n) is 14.0. The Labute approximate surface area is 262 Å². The zero-order valence-corrected chi connectivity index (χ0v) is 27.0. The maximum Gasteiger partial charge on any atom is 0.312 e. The molecule has 9 fully saturated rings. The first-order valence-electron chi connectivity index (χ1n) is 17.9. The lowest BCUT2D eigenvalue weighted by Crippen LogP contribution is -2.59. The number of rotatable bonds is 6. The highest BCUT2D eigenvalue weighted by Gasteiger charge is 2.67. The third kappa shape index (κ3) is 4.73. The molecule has 1 saturated heterocycles. The van der Waals surface area contributed by atoms with Crippen molar-refractivity contribution in [1.82, 2.24) is 0 Å². The quantitative estimate of drug-likeness (QED) is 0.387. The molecule has 1 aliphatic heterocycles. The van der Waals surface area contributed by atoms with Gasteiger partial charge in [-0.1, -0.05) is 13.8 Å². The average molecular weight is 615 g/mol. The van der Waals surface area contributed by atoms with Crippen molar-refractivity contribution in [3.8, 4) is 0 Å². The fourth-order valence-electron chi connectivity index (χ4n) is 12.8. The molecule has 246 valence electrons. The largest absolute Gasteiger partial charge is 0.464 e. The summed E-state index contributed by atoms with van der Waals surface area (Å²) >= 11 is 0. The van der Waals surface area contributed by atoms with Crippen LogP contribution in [0.1, 0.15) is 117 Å². The van der Waals surface area contributed by atoms with E-state index >= 15 is 0 Å². The van der Waals surface area contributed by atoms with E-state index in [2.05, 4.69) is 13.8 Å². The van der Waals surface area contributed by atoms with Gasteiger partial charge in [0.1, 0.15) is 13.2 Å². The van der Waals surface area contributed by atoms with Crippen molar-refractivity contribution in [1.29, 1.82) is 0 Å². The van der Waals surface area contributed by atoms with E-state index in [0.717, 1.165) is 76.5 Å². The molecule has 0 aromatic heterocycles. The second-order valence-electron chi connectivity index (χ2n) is 17.9. The predicted octanol–water partition coefficient (Wildman–Crippen LogP) is 5.31. The summed E-state index contributed by atoms with van der Waals surface area (Å²) in [6.45, 7) is 5.05. The minimum absolute atomic E-state index is 0.0679. The summed E-state index contributed by atoms with van der Waals surface area (Å²) in [7, 11) is 0. The van der Waals surface area contributed by atoms with Crippen molar-refractivity contribution in [2.24, 2.45) is 51.8 Å². The Morgan fingerprint density at radius 3 is 1.80 bits per heavy atom. The second kappa shape index (κ2) is 10.1. The molecule has 8 saturated carbocycles. The fourth-order valence-corrected chi connectivity index (χ4v) is 12.8. The highest BCUT2D eigenvalue weighted by molar-refractivity contribution is 5.78. The van der Waals surface area contributed by atoms with Gasteiger partial charge < -0.3 is 29.2 Å². The van der Waals surface area contributed by atoms with Crippen LogP contribution >= 0.6 is 0 Å². The van der Waals surface area contributed by atoms with Crippen molar-refractivity contribution >= 4 is 11.9 Å². The van der Waals surface area contributed by atoms with Crippen LogP contribution in [0.2, 0.25) is 0 Å². The van der Waals surface area contributed by atoms with Gasteiger partial charge in [-0.2, -0.15) is 0 Å². The van der Waals surface area contributed by atoms with Gasteiger partial charge in [-0.15, -0.1) is 0 Å². The third-order valence-corrected chi connectivity index (χ3v) is 14.0. The molecule has 0 radical (unpaired) electrons. The first-order valence-corrected chi connectivity index (χ1v) is 17.9. The Morgan fingerprint density at radius 2 is 1.27 bits per heavy atom. The molecular formula is C36H54O8. The lowest BCUT2D eigenvalue weighted by atomic mass is 9.57. The van der Waals surface area contributed by atoms with Crippen molar-refractivity contribution in [2.45, 2.75) is 134 Å². The van der Waals surface area contributed by atoms with E-state index in [-0.39, 0.29) is 37.0 Å². The molecule has 8 aliphatic carbocycles. The molecule has 44 heavy (non-hydrogen) atoms. The molecular weight excluding hydrogens is 560 g/mol.